The van der Waals surface area contributed by atoms with Crippen molar-refractivity contribution in [3.8, 4) is 11.1 Å². The topological polar surface area (TPSA) is 4.93 Å². The third kappa shape index (κ3) is 3.41. The summed E-state index contributed by atoms with van der Waals surface area (Å²) in [6, 6.07) is 9.96. The van der Waals surface area contributed by atoms with Gasteiger partial charge in [-0.1, -0.05) is 51.1 Å². The molecule has 0 bridgehead atoms. The molecule has 1 nitrogen and oxygen atoms in total. The van der Waals surface area contributed by atoms with E-state index in [0.717, 1.165) is 6.07 Å². The van der Waals surface area contributed by atoms with Crippen LogP contribution in [0, 0.1) is 11.2 Å². The summed E-state index contributed by atoms with van der Waals surface area (Å²) in [6.07, 6.45) is -2.76. The van der Waals surface area contributed by atoms with E-state index in [2.05, 4.69) is 0 Å². The Kier molecular flexibility index (Phi) is 4.13. The maximum Gasteiger partial charge on any atom is 0.417 e. The zero-order chi connectivity index (χ0) is 18.4. The van der Waals surface area contributed by atoms with Crippen LogP contribution in [0.25, 0.3) is 22.0 Å². The van der Waals surface area contributed by atoms with Gasteiger partial charge in [0.2, 0.25) is 0 Å². The summed E-state index contributed by atoms with van der Waals surface area (Å²) < 4.78 is 56.9. The number of halogens is 4. The minimum absolute atomic E-state index is 0.0331. The van der Waals surface area contributed by atoms with Crippen molar-refractivity contribution in [3.05, 3.63) is 60.0 Å². The Balaban J connectivity index is 2.23. The molecular formula is C20H19F4N. The predicted molar refractivity (Wildman–Crippen MR) is 91.8 cm³/mol. The van der Waals surface area contributed by atoms with Gasteiger partial charge in [-0.25, -0.2) is 4.39 Å². The van der Waals surface area contributed by atoms with Crippen LogP contribution in [-0.4, -0.2) is 4.57 Å². The van der Waals surface area contributed by atoms with Gasteiger partial charge in [0.05, 0.1) is 11.1 Å². The van der Waals surface area contributed by atoms with E-state index in [-0.39, 0.29) is 16.5 Å². The van der Waals surface area contributed by atoms with Crippen LogP contribution >= 0.6 is 0 Å². The first kappa shape index (κ1) is 17.5. The molecule has 0 saturated heterocycles. The van der Waals surface area contributed by atoms with Crippen molar-refractivity contribution in [1.29, 1.82) is 0 Å². The number of benzene rings is 2. The maximum absolute atomic E-state index is 15.2. The Morgan fingerprint density at radius 1 is 0.880 bits per heavy atom. The molecule has 0 radical (unpaired) electrons. The van der Waals surface area contributed by atoms with Crippen LogP contribution in [0.15, 0.2) is 48.7 Å². The van der Waals surface area contributed by atoms with Gasteiger partial charge < -0.3 is 4.57 Å². The van der Waals surface area contributed by atoms with Crippen LogP contribution in [0.3, 0.4) is 0 Å². The summed E-state index contributed by atoms with van der Waals surface area (Å²) in [4.78, 5) is 0. The van der Waals surface area contributed by atoms with Gasteiger partial charge in [-0.3, -0.25) is 0 Å². The second-order valence-corrected chi connectivity index (χ2v) is 7.41. The third-order valence-electron chi connectivity index (χ3n) is 4.04. The normalized spacial score (nSPS) is 12.8. The lowest BCUT2D eigenvalue weighted by atomic mass is 9.96. The first-order valence-corrected chi connectivity index (χ1v) is 8.02. The SMILES string of the molecule is CC(C)(C)Cn1ccc2ccc(-c3ccccc3C(F)(F)F)c(F)c21. The minimum Gasteiger partial charge on any atom is -0.345 e. The van der Waals surface area contributed by atoms with Gasteiger partial charge in [0.25, 0.3) is 0 Å². The van der Waals surface area contributed by atoms with Gasteiger partial charge in [-0.15, -0.1) is 0 Å². The molecule has 5 heteroatoms. The van der Waals surface area contributed by atoms with E-state index in [1.165, 1.54) is 24.3 Å². The van der Waals surface area contributed by atoms with Crippen molar-refractivity contribution in [3.63, 3.8) is 0 Å². The second kappa shape index (κ2) is 5.90. The molecule has 0 aliphatic rings. The number of aromatic nitrogens is 1. The Morgan fingerprint density at radius 2 is 1.56 bits per heavy atom. The molecule has 132 valence electrons. The van der Waals surface area contributed by atoms with Gasteiger partial charge in [-0.05, 0) is 23.1 Å². The van der Waals surface area contributed by atoms with E-state index in [9.17, 15) is 13.2 Å². The van der Waals surface area contributed by atoms with E-state index in [1.807, 2.05) is 20.8 Å². The van der Waals surface area contributed by atoms with Crippen LogP contribution in [-0.2, 0) is 12.7 Å². The molecule has 3 aromatic rings. The monoisotopic (exact) mass is 349 g/mol. The molecule has 0 fully saturated rings. The second-order valence-electron chi connectivity index (χ2n) is 7.41. The Hall–Kier alpha value is -2.30. The average Bonchev–Trinajstić information content (AvgIpc) is 2.89. The quantitative estimate of drug-likeness (QED) is 0.465. The molecule has 25 heavy (non-hydrogen) atoms. The van der Waals surface area contributed by atoms with Gasteiger partial charge in [0.1, 0.15) is 0 Å². The summed E-state index contributed by atoms with van der Waals surface area (Å²) in [7, 11) is 0. The van der Waals surface area contributed by atoms with Gasteiger partial charge >= 0.3 is 6.18 Å². The standard InChI is InChI=1S/C20H19F4N/c1-19(2,3)12-25-11-10-13-8-9-15(17(21)18(13)25)14-6-4-5-7-16(14)20(22,23)24/h4-11H,12H2,1-3H3. The molecule has 0 spiro atoms. The smallest absolute Gasteiger partial charge is 0.345 e. The van der Waals surface area contributed by atoms with Crippen molar-refractivity contribution < 1.29 is 17.6 Å². The fraction of sp³-hybridized carbons (Fsp3) is 0.300. The van der Waals surface area contributed by atoms with Crippen LogP contribution in [0.2, 0.25) is 0 Å². The number of hydrogen-bond donors (Lipinski definition) is 0. The summed E-state index contributed by atoms with van der Waals surface area (Å²) in [6.45, 7) is 6.65. The van der Waals surface area contributed by atoms with E-state index < -0.39 is 17.6 Å². The Morgan fingerprint density at radius 3 is 2.20 bits per heavy atom. The van der Waals surface area contributed by atoms with E-state index in [1.54, 1.807) is 22.9 Å². The minimum atomic E-state index is -4.54. The van der Waals surface area contributed by atoms with Crippen LogP contribution in [0.4, 0.5) is 17.6 Å². The molecule has 0 aliphatic heterocycles. The number of rotatable bonds is 2. The fourth-order valence-corrected chi connectivity index (χ4v) is 3.07. The molecule has 0 atom stereocenters. The molecule has 0 saturated carbocycles. The summed E-state index contributed by atoms with van der Waals surface area (Å²) in [5.74, 6) is -0.622. The highest BCUT2D eigenvalue weighted by molar-refractivity contribution is 5.87. The highest BCUT2D eigenvalue weighted by Crippen LogP contribution is 2.39. The number of hydrogen-bond acceptors (Lipinski definition) is 0. The lowest BCUT2D eigenvalue weighted by Crippen LogP contribution is -2.15. The fourth-order valence-electron chi connectivity index (χ4n) is 3.07. The first-order chi connectivity index (χ1) is 11.6. The summed E-state index contributed by atoms with van der Waals surface area (Å²) >= 11 is 0. The van der Waals surface area contributed by atoms with Crippen molar-refractivity contribution in [2.24, 2.45) is 5.41 Å². The summed E-state index contributed by atoms with van der Waals surface area (Å²) in [5, 5.41) is 0.676. The van der Waals surface area contributed by atoms with Crippen molar-refractivity contribution in [2.75, 3.05) is 0 Å². The molecule has 0 amide bonds. The molecule has 1 heterocycles. The molecule has 0 unspecified atom stereocenters. The first-order valence-electron chi connectivity index (χ1n) is 8.02. The molecule has 0 N–H and O–H groups in total. The largest absolute Gasteiger partial charge is 0.417 e. The van der Waals surface area contributed by atoms with Crippen molar-refractivity contribution in [1.82, 2.24) is 4.57 Å². The molecule has 1 aromatic heterocycles. The highest BCUT2D eigenvalue weighted by Gasteiger charge is 2.34. The zero-order valence-electron chi connectivity index (χ0n) is 14.3. The molecule has 2 aromatic carbocycles. The maximum atomic E-state index is 15.2. The number of alkyl halides is 3. The number of fused-ring (bicyclic) bond motifs is 1. The van der Waals surface area contributed by atoms with Crippen LogP contribution < -0.4 is 0 Å². The van der Waals surface area contributed by atoms with E-state index in [4.69, 9.17) is 0 Å². The van der Waals surface area contributed by atoms with Gasteiger partial charge in [-0.2, -0.15) is 13.2 Å². The van der Waals surface area contributed by atoms with Crippen LogP contribution in [0.5, 0.6) is 0 Å². The molecular weight excluding hydrogens is 330 g/mol. The van der Waals surface area contributed by atoms with E-state index >= 15 is 4.39 Å². The molecule has 0 aliphatic carbocycles. The van der Waals surface area contributed by atoms with Crippen LogP contribution in [0.1, 0.15) is 26.3 Å². The number of nitrogens with zero attached hydrogens (tertiary/aromatic N) is 1. The van der Waals surface area contributed by atoms with E-state index in [0.29, 0.717) is 17.4 Å². The third-order valence-corrected chi connectivity index (χ3v) is 4.04. The van der Waals surface area contributed by atoms with Crippen molar-refractivity contribution >= 4 is 10.9 Å². The lowest BCUT2D eigenvalue weighted by Gasteiger charge is -2.20. The average molecular weight is 349 g/mol. The van der Waals surface area contributed by atoms with Gasteiger partial charge in [0, 0.05) is 23.7 Å². The zero-order valence-corrected chi connectivity index (χ0v) is 14.3. The Labute approximate surface area is 143 Å². The summed E-state index contributed by atoms with van der Waals surface area (Å²) in [5.41, 5.74) is -0.753. The van der Waals surface area contributed by atoms with Gasteiger partial charge in [0.15, 0.2) is 5.82 Å². The highest BCUT2D eigenvalue weighted by atomic mass is 19.4. The Bertz CT molecular complexity index is 914. The predicted octanol–water partition coefficient (Wildman–Crippen LogP) is 6.51. The lowest BCUT2D eigenvalue weighted by molar-refractivity contribution is -0.137. The van der Waals surface area contributed by atoms with Crippen molar-refractivity contribution in [2.45, 2.75) is 33.5 Å². The molecule has 3 rings (SSSR count).